The van der Waals surface area contributed by atoms with Gasteiger partial charge in [0.1, 0.15) is 16.9 Å². The Balaban J connectivity index is 0.000000838. The second-order valence-corrected chi connectivity index (χ2v) is 13.5. The van der Waals surface area contributed by atoms with Gasteiger partial charge in [-0.25, -0.2) is 4.79 Å². The molecule has 2 heterocycles. The maximum atomic E-state index is 13.6. The Morgan fingerprint density at radius 2 is 1.73 bits per heavy atom. The summed E-state index contributed by atoms with van der Waals surface area (Å²) in [5.41, 5.74) is -1.70. The number of hydrogen-bond acceptors (Lipinski definition) is 8. The number of carbonyl (C=O) groups is 3. The van der Waals surface area contributed by atoms with Crippen molar-refractivity contribution in [1.29, 1.82) is 5.26 Å². The van der Waals surface area contributed by atoms with E-state index in [4.69, 9.17) is 27.0 Å². The van der Waals surface area contributed by atoms with Gasteiger partial charge < -0.3 is 24.0 Å². The summed E-state index contributed by atoms with van der Waals surface area (Å²) in [6.07, 6.45) is -1.82. The number of anilines is 2. The highest BCUT2D eigenvalue weighted by Crippen LogP contribution is 2.40. The van der Waals surface area contributed by atoms with Gasteiger partial charge in [-0.05, 0) is 120 Å². The smallest absolute Gasteiger partial charge is 0.417 e. The van der Waals surface area contributed by atoms with E-state index in [9.17, 15) is 27.6 Å². The molecule has 0 radical (unpaired) electrons. The van der Waals surface area contributed by atoms with E-state index in [0.29, 0.717) is 49.9 Å². The average Bonchev–Trinajstić information content (AvgIpc) is 3.22. The third-order valence-electron chi connectivity index (χ3n) is 8.27. The maximum absolute atomic E-state index is 13.6. The van der Waals surface area contributed by atoms with Crippen molar-refractivity contribution in [3.63, 3.8) is 0 Å². The predicted octanol–water partition coefficient (Wildman–Crippen LogP) is 7.26. The van der Waals surface area contributed by atoms with Crippen LogP contribution < -0.4 is 14.5 Å². The zero-order valence-corrected chi connectivity index (χ0v) is 29.7. The highest BCUT2D eigenvalue weighted by molar-refractivity contribution is 7.81. The molecule has 0 N–H and O–H groups in total. The van der Waals surface area contributed by atoms with Crippen LogP contribution in [0.2, 0.25) is 0 Å². The lowest BCUT2D eigenvalue weighted by Gasteiger charge is -2.31. The van der Waals surface area contributed by atoms with Crippen molar-refractivity contribution < 1.29 is 41.8 Å². The molecule has 2 saturated heterocycles. The minimum absolute atomic E-state index is 0.0388. The zero-order valence-electron chi connectivity index (χ0n) is 28.8. The lowest BCUT2D eigenvalue weighted by molar-refractivity contribution is -0.139. The Labute approximate surface area is 290 Å². The van der Waals surface area contributed by atoms with Crippen LogP contribution in [0.25, 0.3) is 0 Å². The molecular weight excluding hydrogens is 661 g/mol. The topological polar surface area (TPSA) is 112 Å². The predicted molar refractivity (Wildman–Crippen MR) is 182 cm³/mol. The molecule has 0 atom stereocenters. The summed E-state index contributed by atoms with van der Waals surface area (Å²) < 4.78 is 56.4. The molecule has 2 amide bonds. The average molecular weight is 705 g/mol. The van der Waals surface area contributed by atoms with Crippen molar-refractivity contribution in [1.82, 2.24) is 4.90 Å². The zero-order chi connectivity index (χ0) is 36.7. The molecule has 2 fully saturated rings. The molecule has 0 saturated carbocycles. The summed E-state index contributed by atoms with van der Waals surface area (Å²) in [5, 5.41) is 9.19. The monoisotopic (exact) mass is 704 g/mol. The molecule has 2 aromatic rings. The lowest BCUT2D eigenvalue weighted by atomic mass is 9.94. The first-order valence-corrected chi connectivity index (χ1v) is 16.3. The molecule has 2 aliphatic heterocycles. The van der Waals surface area contributed by atoms with E-state index in [0.717, 1.165) is 41.9 Å². The molecule has 266 valence electrons. The van der Waals surface area contributed by atoms with Gasteiger partial charge >= 0.3 is 12.3 Å². The first-order valence-electron chi connectivity index (χ1n) is 15.9. The Morgan fingerprint density at radius 3 is 2.24 bits per heavy atom. The molecule has 0 aromatic heterocycles. The number of likely N-dealkylation sites (tertiary alicyclic amines) is 1. The maximum Gasteiger partial charge on any atom is 0.417 e. The number of ether oxygens (including phenoxy) is 3. The van der Waals surface area contributed by atoms with E-state index in [1.165, 1.54) is 13.2 Å². The van der Waals surface area contributed by atoms with Crippen molar-refractivity contribution in [2.75, 3.05) is 36.6 Å². The lowest BCUT2D eigenvalue weighted by Crippen LogP contribution is -2.44. The fourth-order valence-corrected chi connectivity index (χ4v) is 6.12. The highest BCUT2D eigenvalue weighted by Gasteiger charge is 2.51. The van der Waals surface area contributed by atoms with Crippen molar-refractivity contribution in [2.24, 2.45) is 5.92 Å². The fourth-order valence-electron chi connectivity index (χ4n) is 5.59. The van der Waals surface area contributed by atoms with Gasteiger partial charge in [-0.2, -0.15) is 18.4 Å². The van der Waals surface area contributed by atoms with Crippen molar-refractivity contribution >= 4 is 47.2 Å². The number of nitrogens with zero attached hydrogens (tertiary/aromatic N) is 4. The molecule has 2 aliphatic rings. The third kappa shape index (κ3) is 9.41. The fraction of sp³-hybridized carbons (Fsp3) is 0.514. The summed E-state index contributed by atoms with van der Waals surface area (Å²) in [7, 11) is 1.38. The number of alkyl halides is 3. The highest BCUT2D eigenvalue weighted by atomic mass is 32.1. The molecule has 0 spiro atoms. The Kier molecular flexibility index (Phi) is 12.7. The molecule has 0 aliphatic carbocycles. The number of halogens is 3. The number of aryl methyl sites for hydroxylation is 1. The van der Waals surface area contributed by atoms with E-state index in [1.54, 1.807) is 35.8 Å². The number of hydrogen-bond donors (Lipinski definition) is 0. The molecule has 0 unspecified atom stereocenters. The molecule has 4 rings (SSSR count). The molecular formula is C35H43F3N4O6S. The summed E-state index contributed by atoms with van der Waals surface area (Å²) >= 11 is 5.66. The van der Waals surface area contributed by atoms with Gasteiger partial charge in [-0.1, -0.05) is 6.92 Å². The van der Waals surface area contributed by atoms with Crippen LogP contribution in [0.4, 0.5) is 29.3 Å². The van der Waals surface area contributed by atoms with E-state index in [1.807, 2.05) is 39.8 Å². The number of nitriles is 1. The van der Waals surface area contributed by atoms with E-state index < -0.39 is 28.7 Å². The summed E-state index contributed by atoms with van der Waals surface area (Å²) in [6, 6.07) is 10.2. The quantitative estimate of drug-likeness (QED) is 0.207. The standard InChI is InChI=1S/C30H33F3N4O4S.C5H10O2/c1-5-20-16-23(8-9-25(20)41-15-12-19-10-13-35(14-11-19)28(39)40-4)37-27(42)36(26(38)29(37,2)3)22-7-6-21(18-34)24(17-22)30(31,32)33;1-5(2,3)7-4-6/h6-9,16-17,19H,5,10-15H2,1-4H3;4H,1-3H3. The third-order valence-corrected chi connectivity index (χ3v) is 8.64. The summed E-state index contributed by atoms with van der Waals surface area (Å²) in [6.45, 7) is 13.1. The Morgan fingerprint density at radius 1 is 1.10 bits per heavy atom. The summed E-state index contributed by atoms with van der Waals surface area (Å²) in [5.74, 6) is 0.665. The molecule has 2 aromatic carbocycles. The van der Waals surface area contributed by atoms with Crippen LogP contribution in [0.5, 0.6) is 5.75 Å². The van der Waals surface area contributed by atoms with Gasteiger partial charge in [-0.15, -0.1) is 0 Å². The van der Waals surface area contributed by atoms with Gasteiger partial charge in [-0.3, -0.25) is 14.5 Å². The number of piperidine rings is 1. The molecule has 14 heteroatoms. The number of rotatable bonds is 8. The second kappa shape index (κ2) is 15.9. The van der Waals surface area contributed by atoms with Gasteiger partial charge in [0.2, 0.25) is 0 Å². The van der Waals surface area contributed by atoms with Crippen LogP contribution in [0.15, 0.2) is 36.4 Å². The first kappa shape index (κ1) is 39.1. The van der Waals surface area contributed by atoms with Crippen molar-refractivity contribution in [3.05, 3.63) is 53.1 Å². The minimum Gasteiger partial charge on any atom is -0.493 e. The van der Waals surface area contributed by atoms with Crippen LogP contribution >= 0.6 is 12.2 Å². The number of thiocarbonyl (C=S) groups is 1. The second-order valence-electron chi connectivity index (χ2n) is 13.2. The molecule has 49 heavy (non-hydrogen) atoms. The number of carbonyl (C=O) groups excluding carboxylic acids is 3. The van der Waals surface area contributed by atoms with Crippen molar-refractivity contribution in [2.45, 2.75) is 84.5 Å². The molecule has 0 bridgehead atoms. The minimum atomic E-state index is -4.77. The van der Waals surface area contributed by atoms with E-state index in [-0.39, 0.29) is 22.5 Å². The van der Waals surface area contributed by atoms with E-state index >= 15 is 0 Å². The Hall–Kier alpha value is -4.38. The van der Waals surface area contributed by atoms with Crippen LogP contribution in [-0.4, -0.2) is 66.4 Å². The van der Waals surface area contributed by atoms with Crippen LogP contribution in [0, 0.1) is 17.2 Å². The number of amides is 2. The summed E-state index contributed by atoms with van der Waals surface area (Å²) in [4.78, 5) is 39.3. The Bertz CT molecular complexity index is 1580. The number of benzene rings is 2. The van der Waals surface area contributed by atoms with Gasteiger partial charge in [0.15, 0.2) is 5.11 Å². The largest absolute Gasteiger partial charge is 0.493 e. The van der Waals surface area contributed by atoms with Crippen LogP contribution in [0.1, 0.15) is 77.5 Å². The van der Waals surface area contributed by atoms with Crippen molar-refractivity contribution in [3.8, 4) is 11.8 Å². The van der Waals surface area contributed by atoms with Gasteiger partial charge in [0.25, 0.3) is 12.4 Å². The number of methoxy groups -OCH3 is 1. The van der Waals surface area contributed by atoms with Crippen LogP contribution in [0.3, 0.4) is 0 Å². The van der Waals surface area contributed by atoms with Gasteiger partial charge in [0.05, 0.1) is 36.6 Å². The van der Waals surface area contributed by atoms with Gasteiger partial charge in [0, 0.05) is 18.8 Å². The normalized spacial score (nSPS) is 16.5. The first-order chi connectivity index (χ1) is 22.9. The molecule has 10 nitrogen and oxygen atoms in total. The van der Waals surface area contributed by atoms with Crippen LogP contribution in [-0.2, 0) is 31.7 Å². The SMILES string of the molecule is CC(C)(C)OC=O.CCc1cc(N2C(=S)N(c3ccc(C#N)c(C(F)(F)F)c3)C(=O)C2(C)C)ccc1OCCC1CCN(C(=O)OC)CC1. The van der Waals surface area contributed by atoms with E-state index in [2.05, 4.69) is 4.74 Å².